The number of carbonyl (C=O) groups excluding carboxylic acids is 1. The molecule has 21 heavy (non-hydrogen) atoms. The summed E-state index contributed by atoms with van der Waals surface area (Å²) < 4.78 is 25.5. The fourth-order valence-electron chi connectivity index (χ4n) is 3.04. The Hall–Kier alpha value is -1.79. The Morgan fingerprint density at radius 2 is 2.19 bits per heavy atom. The minimum atomic E-state index is -2.27. The quantitative estimate of drug-likeness (QED) is 0.761. The number of nitrogens with zero attached hydrogens (tertiary/aromatic N) is 2. The second-order valence-electron chi connectivity index (χ2n) is 5.89. The van der Waals surface area contributed by atoms with E-state index >= 15 is 0 Å². The van der Waals surface area contributed by atoms with E-state index in [0.717, 1.165) is 5.71 Å². The zero-order valence-electron chi connectivity index (χ0n) is 11.9. The molecule has 3 rings (SSSR count). The summed E-state index contributed by atoms with van der Waals surface area (Å²) in [6.45, 7) is 3.63. The first-order chi connectivity index (χ1) is 9.97. The molecule has 0 radical (unpaired) electrons. The van der Waals surface area contributed by atoms with Crippen molar-refractivity contribution in [1.82, 2.24) is 10.7 Å². The lowest BCUT2D eigenvalue weighted by Gasteiger charge is -2.26. The molecule has 1 saturated carbocycles. The molecule has 1 aliphatic carbocycles. The van der Waals surface area contributed by atoms with E-state index in [9.17, 15) is 13.6 Å². The zero-order chi connectivity index (χ0) is 15.1. The lowest BCUT2D eigenvalue weighted by Crippen LogP contribution is -2.39. The molecule has 1 fully saturated rings. The number of carbonyl (C=O) groups is 1. The second kappa shape index (κ2) is 5.20. The molecule has 7 heteroatoms. The van der Waals surface area contributed by atoms with Crippen LogP contribution in [0.2, 0.25) is 0 Å². The standard InChI is InChI=1S/C14H18F2N4O/c1-6-8(9-3-10(9)13(15)16)4-12(20-19-6)11-5-17-7(2)18-14(11)21/h5,7-10,13,20H,3-4H2,1-2H3,(H,18,21)/t7?,8-,9?,10?/m1/s1. The van der Waals surface area contributed by atoms with Crippen molar-refractivity contribution in [2.24, 2.45) is 27.8 Å². The minimum Gasteiger partial charge on any atom is -0.330 e. The van der Waals surface area contributed by atoms with Crippen molar-refractivity contribution in [2.75, 3.05) is 0 Å². The third-order valence-electron chi connectivity index (χ3n) is 4.40. The van der Waals surface area contributed by atoms with E-state index in [2.05, 4.69) is 20.8 Å². The fraction of sp³-hybridized carbons (Fsp3) is 0.643. The molecular formula is C14H18F2N4O. The average Bonchev–Trinajstić information content (AvgIpc) is 3.20. The Kier molecular flexibility index (Phi) is 3.51. The van der Waals surface area contributed by atoms with Gasteiger partial charge in [0, 0.05) is 29.5 Å². The minimum absolute atomic E-state index is 0.0201. The van der Waals surface area contributed by atoms with E-state index in [1.807, 2.05) is 6.92 Å². The van der Waals surface area contributed by atoms with Gasteiger partial charge in [-0.1, -0.05) is 0 Å². The van der Waals surface area contributed by atoms with Crippen LogP contribution in [-0.2, 0) is 4.79 Å². The maximum Gasteiger partial charge on any atom is 0.256 e. The number of aliphatic imine (C=N–C) groups is 1. The summed E-state index contributed by atoms with van der Waals surface area (Å²) in [5.41, 5.74) is 4.81. The van der Waals surface area contributed by atoms with Crippen LogP contribution in [0.3, 0.4) is 0 Å². The summed E-state index contributed by atoms with van der Waals surface area (Å²) in [5, 5.41) is 6.92. The largest absolute Gasteiger partial charge is 0.330 e. The van der Waals surface area contributed by atoms with Crippen LogP contribution in [-0.4, -0.2) is 30.4 Å². The third kappa shape index (κ3) is 2.69. The van der Waals surface area contributed by atoms with Crippen LogP contribution in [0.25, 0.3) is 0 Å². The van der Waals surface area contributed by atoms with Gasteiger partial charge in [-0.3, -0.25) is 15.2 Å². The molecule has 0 saturated heterocycles. The molecule has 0 aromatic carbocycles. The highest BCUT2D eigenvalue weighted by molar-refractivity contribution is 6.14. The summed E-state index contributed by atoms with van der Waals surface area (Å²) in [5.74, 6) is -0.782. The lowest BCUT2D eigenvalue weighted by atomic mass is 9.89. The molecule has 0 aromatic rings. The van der Waals surface area contributed by atoms with Crippen LogP contribution in [0.4, 0.5) is 8.78 Å². The third-order valence-corrected chi connectivity index (χ3v) is 4.40. The molecule has 114 valence electrons. The van der Waals surface area contributed by atoms with Crippen LogP contribution in [0, 0.1) is 17.8 Å². The molecule has 2 aliphatic heterocycles. The van der Waals surface area contributed by atoms with E-state index in [1.165, 1.54) is 6.21 Å². The maximum atomic E-state index is 12.8. The van der Waals surface area contributed by atoms with Gasteiger partial charge in [0.05, 0.1) is 5.57 Å². The van der Waals surface area contributed by atoms with Crippen molar-refractivity contribution in [3.63, 3.8) is 0 Å². The zero-order valence-corrected chi connectivity index (χ0v) is 11.9. The number of halogens is 2. The molecule has 2 heterocycles. The summed E-state index contributed by atoms with van der Waals surface area (Å²) >= 11 is 0. The number of nitrogens with one attached hydrogen (secondary N) is 2. The number of hydrogen-bond acceptors (Lipinski definition) is 4. The van der Waals surface area contributed by atoms with Gasteiger partial charge in [-0.15, -0.1) is 0 Å². The molecule has 5 nitrogen and oxygen atoms in total. The van der Waals surface area contributed by atoms with Gasteiger partial charge >= 0.3 is 0 Å². The summed E-state index contributed by atoms with van der Waals surface area (Å²) in [4.78, 5) is 16.1. The molecule has 4 atom stereocenters. The van der Waals surface area contributed by atoms with Gasteiger partial charge in [0.1, 0.15) is 6.17 Å². The Balaban J connectivity index is 1.81. The Bertz CT molecular complexity index is 555. The fourth-order valence-corrected chi connectivity index (χ4v) is 3.04. The molecule has 3 unspecified atom stereocenters. The van der Waals surface area contributed by atoms with Gasteiger partial charge in [0.25, 0.3) is 5.91 Å². The predicted octanol–water partition coefficient (Wildman–Crippen LogP) is 1.67. The van der Waals surface area contributed by atoms with E-state index in [-0.39, 0.29) is 23.9 Å². The molecule has 0 aromatic heterocycles. The molecular weight excluding hydrogens is 278 g/mol. The smallest absolute Gasteiger partial charge is 0.256 e. The summed E-state index contributed by atoms with van der Waals surface area (Å²) in [6.07, 6.45) is 0.102. The SMILES string of the molecule is CC1=NNC(=C2C=NC(C)NC2=O)C[C@H]1C1CC1C(F)F. The van der Waals surface area contributed by atoms with Crippen LogP contribution < -0.4 is 10.7 Å². The van der Waals surface area contributed by atoms with Crippen molar-refractivity contribution in [2.45, 2.75) is 39.3 Å². The summed E-state index contributed by atoms with van der Waals surface area (Å²) in [6, 6.07) is 0. The molecule has 3 aliphatic rings. The van der Waals surface area contributed by atoms with Gasteiger partial charge < -0.3 is 5.32 Å². The normalized spacial score (nSPS) is 38.9. The van der Waals surface area contributed by atoms with E-state index in [4.69, 9.17) is 0 Å². The van der Waals surface area contributed by atoms with Gasteiger partial charge in [-0.25, -0.2) is 8.78 Å². The van der Waals surface area contributed by atoms with Crippen LogP contribution in [0.15, 0.2) is 21.4 Å². The first-order valence-corrected chi connectivity index (χ1v) is 7.13. The average molecular weight is 296 g/mol. The number of allylic oxidation sites excluding steroid dienone is 1. The van der Waals surface area contributed by atoms with Gasteiger partial charge in [0.2, 0.25) is 6.43 Å². The maximum absolute atomic E-state index is 12.8. The van der Waals surface area contributed by atoms with Crippen molar-refractivity contribution < 1.29 is 13.6 Å². The second-order valence-corrected chi connectivity index (χ2v) is 5.89. The Morgan fingerprint density at radius 3 is 2.81 bits per heavy atom. The molecule has 0 bridgehead atoms. The van der Waals surface area contributed by atoms with Crippen LogP contribution in [0.1, 0.15) is 26.7 Å². The number of amides is 1. The predicted molar refractivity (Wildman–Crippen MR) is 75.1 cm³/mol. The highest BCUT2D eigenvalue weighted by atomic mass is 19.3. The summed E-state index contributed by atoms with van der Waals surface area (Å²) in [7, 11) is 0. The number of hydrazone groups is 1. The number of alkyl halides is 2. The highest BCUT2D eigenvalue weighted by Crippen LogP contribution is 2.50. The lowest BCUT2D eigenvalue weighted by molar-refractivity contribution is -0.117. The first-order valence-electron chi connectivity index (χ1n) is 7.13. The first kappa shape index (κ1) is 14.2. The van der Waals surface area contributed by atoms with E-state index < -0.39 is 12.3 Å². The van der Waals surface area contributed by atoms with E-state index in [0.29, 0.717) is 24.1 Å². The van der Waals surface area contributed by atoms with Gasteiger partial charge in [0.15, 0.2) is 0 Å². The Labute approximate surface area is 121 Å². The monoisotopic (exact) mass is 296 g/mol. The number of rotatable bonds is 2. The molecule has 1 amide bonds. The molecule has 2 N–H and O–H groups in total. The van der Waals surface area contributed by atoms with Gasteiger partial charge in [-0.05, 0) is 32.6 Å². The van der Waals surface area contributed by atoms with Crippen molar-refractivity contribution in [3.8, 4) is 0 Å². The number of hydrogen-bond donors (Lipinski definition) is 2. The van der Waals surface area contributed by atoms with Crippen molar-refractivity contribution >= 4 is 17.8 Å². The van der Waals surface area contributed by atoms with E-state index in [1.54, 1.807) is 6.92 Å². The van der Waals surface area contributed by atoms with Crippen molar-refractivity contribution in [1.29, 1.82) is 0 Å². The molecule has 0 spiro atoms. The van der Waals surface area contributed by atoms with Gasteiger partial charge in [-0.2, -0.15) is 5.10 Å². The van der Waals surface area contributed by atoms with Crippen LogP contribution >= 0.6 is 0 Å². The van der Waals surface area contributed by atoms with Crippen LogP contribution in [0.5, 0.6) is 0 Å². The van der Waals surface area contributed by atoms with Crippen molar-refractivity contribution in [3.05, 3.63) is 11.3 Å². The Morgan fingerprint density at radius 1 is 1.43 bits per heavy atom. The highest BCUT2D eigenvalue weighted by Gasteiger charge is 2.50. The topological polar surface area (TPSA) is 65.8 Å².